The summed E-state index contributed by atoms with van der Waals surface area (Å²) in [4.78, 5) is 13.5. The van der Waals surface area contributed by atoms with Crippen LogP contribution in [0.15, 0.2) is 24.3 Å². The molecule has 0 aliphatic carbocycles. The van der Waals surface area contributed by atoms with E-state index in [-0.39, 0.29) is 24.9 Å². The number of hydrogen-bond donors (Lipinski definition) is 4. The molecule has 2 aliphatic rings. The van der Waals surface area contributed by atoms with Gasteiger partial charge < -0.3 is 20.4 Å². The zero-order valence-corrected chi connectivity index (χ0v) is 21.7. The van der Waals surface area contributed by atoms with Gasteiger partial charge in [-0.3, -0.25) is 29.4 Å². The standard InChI is InChI=1S/C25H46N6O4/c1-21(33)10-27-15-26(8-9-32)16-30(18-27)13-24-4-6-25(7-5-24)14-31-19-28(11-22(2)34)17-29(20-31)12-23(3)35/h4-7,21-23,32-35H,8-20H2,1-3H3. The largest absolute Gasteiger partial charge is 0.395 e. The molecule has 4 N–H and O–H groups in total. The maximum absolute atomic E-state index is 9.86. The molecule has 35 heavy (non-hydrogen) atoms. The van der Waals surface area contributed by atoms with Crippen LogP contribution in [0.3, 0.4) is 0 Å². The lowest BCUT2D eigenvalue weighted by atomic mass is 10.1. The first-order chi connectivity index (χ1) is 16.7. The van der Waals surface area contributed by atoms with Crippen molar-refractivity contribution in [1.29, 1.82) is 0 Å². The van der Waals surface area contributed by atoms with Gasteiger partial charge in [0.15, 0.2) is 0 Å². The number of rotatable bonds is 12. The highest BCUT2D eigenvalue weighted by molar-refractivity contribution is 5.22. The Morgan fingerprint density at radius 2 is 0.886 bits per heavy atom. The number of β-amino-alcohol motifs (C(OH)–C–C–N with tert-alkyl or cyclic N) is 4. The minimum Gasteiger partial charge on any atom is -0.395 e. The van der Waals surface area contributed by atoms with Crippen molar-refractivity contribution in [2.45, 2.75) is 52.2 Å². The Hall–Kier alpha value is -1.18. The molecule has 0 saturated carbocycles. The van der Waals surface area contributed by atoms with E-state index in [4.69, 9.17) is 0 Å². The van der Waals surface area contributed by atoms with Crippen molar-refractivity contribution >= 4 is 0 Å². The van der Waals surface area contributed by atoms with Gasteiger partial charge in [0.2, 0.25) is 0 Å². The van der Waals surface area contributed by atoms with Gasteiger partial charge in [-0.15, -0.1) is 0 Å². The van der Waals surface area contributed by atoms with E-state index in [2.05, 4.69) is 53.7 Å². The summed E-state index contributed by atoms with van der Waals surface area (Å²) in [6, 6.07) is 8.74. The van der Waals surface area contributed by atoms with Crippen molar-refractivity contribution in [2.75, 3.05) is 72.8 Å². The Morgan fingerprint density at radius 1 is 0.571 bits per heavy atom. The topological polar surface area (TPSA) is 100 Å². The molecule has 0 spiro atoms. The first-order valence-electron chi connectivity index (χ1n) is 12.8. The molecule has 1 aromatic carbocycles. The Kier molecular flexibility index (Phi) is 11.3. The van der Waals surface area contributed by atoms with Gasteiger partial charge in [-0.25, -0.2) is 0 Å². The predicted octanol–water partition coefficient (Wildman–Crippen LogP) is -0.594. The molecule has 10 heteroatoms. The monoisotopic (exact) mass is 494 g/mol. The van der Waals surface area contributed by atoms with Crippen LogP contribution in [0, 0.1) is 0 Å². The van der Waals surface area contributed by atoms with Gasteiger partial charge in [0, 0.05) is 39.3 Å². The second-order valence-corrected chi connectivity index (χ2v) is 10.5. The lowest BCUT2D eigenvalue weighted by Crippen LogP contribution is -2.56. The van der Waals surface area contributed by atoms with Crippen molar-refractivity contribution in [2.24, 2.45) is 0 Å². The van der Waals surface area contributed by atoms with Crippen LogP contribution in [0.2, 0.25) is 0 Å². The highest BCUT2D eigenvalue weighted by Crippen LogP contribution is 2.16. The predicted molar refractivity (Wildman–Crippen MR) is 136 cm³/mol. The van der Waals surface area contributed by atoms with E-state index in [1.165, 1.54) is 11.1 Å². The number of nitrogens with zero attached hydrogens (tertiary/aromatic N) is 6. The van der Waals surface area contributed by atoms with E-state index < -0.39 is 0 Å². The van der Waals surface area contributed by atoms with Crippen molar-refractivity contribution < 1.29 is 20.4 Å². The molecule has 3 unspecified atom stereocenters. The van der Waals surface area contributed by atoms with Crippen LogP contribution >= 0.6 is 0 Å². The van der Waals surface area contributed by atoms with Crippen molar-refractivity contribution in [3.63, 3.8) is 0 Å². The van der Waals surface area contributed by atoms with Gasteiger partial charge in [0.25, 0.3) is 0 Å². The summed E-state index contributed by atoms with van der Waals surface area (Å²) in [6.45, 7) is 14.3. The van der Waals surface area contributed by atoms with Crippen LogP contribution < -0.4 is 0 Å². The third-order valence-corrected chi connectivity index (χ3v) is 6.22. The molecule has 10 nitrogen and oxygen atoms in total. The highest BCUT2D eigenvalue weighted by Gasteiger charge is 2.26. The van der Waals surface area contributed by atoms with Crippen molar-refractivity contribution in [1.82, 2.24) is 29.4 Å². The Balaban J connectivity index is 1.57. The quantitative estimate of drug-likeness (QED) is 0.302. The minimum absolute atomic E-state index is 0.130. The van der Waals surface area contributed by atoms with Gasteiger partial charge in [0.05, 0.1) is 64.9 Å². The van der Waals surface area contributed by atoms with Crippen molar-refractivity contribution in [3.05, 3.63) is 35.4 Å². The third-order valence-electron chi connectivity index (χ3n) is 6.22. The van der Waals surface area contributed by atoms with E-state index in [0.717, 1.165) is 53.1 Å². The smallest absolute Gasteiger partial charge is 0.0640 e. The van der Waals surface area contributed by atoms with Crippen LogP contribution in [-0.2, 0) is 13.1 Å². The van der Waals surface area contributed by atoms with E-state index in [0.29, 0.717) is 26.2 Å². The number of benzene rings is 1. The summed E-state index contributed by atoms with van der Waals surface area (Å²) in [5.74, 6) is 0. The maximum atomic E-state index is 9.86. The number of aliphatic hydroxyl groups excluding tert-OH is 4. The van der Waals surface area contributed by atoms with Crippen LogP contribution in [0.25, 0.3) is 0 Å². The van der Waals surface area contributed by atoms with E-state index in [1.807, 2.05) is 20.8 Å². The van der Waals surface area contributed by atoms with E-state index in [9.17, 15) is 20.4 Å². The average Bonchev–Trinajstić information content (AvgIpc) is 2.73. The molecule has 3 rings (SSSR count). The van der Waals surface area contributed by atoms with Gasteiger partial charge in [0.1, 0.15) is 0 Å². The summed E-state index contributed by atoms with van der Waals surface area (Å²) in [7, 11) is 0. The molecule has 0 amide bonds. The molecule has 0 aromatic heterocycles. The Bertz CT molecular complexity index is 717. The molecule has 0 bridgehead atoms. The third kappa shape index (κ3) is 10.0. The van der Waals surface area contributed by atoms with E-state index in [1.54, 1.807) is 0 Å². The Morgan fingerprint density at radius 3 is 1.23 bits per heavy atom. The number of hydrogen-bond acceptors (Lipinski definition) is 10. The molecule has 3 atom stereocenters. The Labute approximate surface area is 210 Å². The number of aliphatic hydroxyl groups is 4. The van der Waals surface area contributed by atoms with Gasteiger partial charge >= 0.3 is 0 Å². The molecular formula is C25H46N6O4. The first-order valence-corrected chi connectivity index (χ1v) is 12.8. The fourth-order valence-corrected chi connectivity index (χ4v) is 5.18. The second kappa shape index (κ2) is 13.9. The summed E-state index contributed by atoms with van der Waals surface area (Å²) in [6.07, 6.45) is -1.16. The minimum atomic E-state index is -0.387. The molecule has 1 aromatic rings. The van der Waals surface area contributed by atoms with Crippen LogP contribution in [-0.4, -0.2) is 141 Å². The van der Waals surface area contributed by atoms with Gasteiger partial charge in [-0.05, 0) is 31.9 Å². The fourth-order valence-electron chi connectivity index (χ4n) is 5.18. The lowest BCUT2D eigenvalue weighted by Gasteiger charge is -2.43. The summed E-state index contributed by atoms with van der Waals surface area (Å²) >= 11 is 0. The second-order valence-electron chi connectivity index (χ2n) is 10.5. The maximum Gasteiger partial charge on any atom is 0.0640 e. The first kappa shape index (κ1) is 28.4. The average molecular weight is 495 g/mol. The lowest BCUT2D eigenvalue weighted by molar-refractivity contribution is -0.0597. The van der Waals surface area contributed by atoms with E-state index >= 15 is 0 Å². The van der Waals surface area contributed by atoms with Crippen LogP contribution in [0.1, 0.15) is 31.9 Å². The molecule has 2 aliphatic heterocycles. The summed E-state index contributed by atoms with van der Waals surface area (Å²) < 4.78 is 0. The SMILES string of the molecule is CC(O)CN1CN(CCO)CN(Cc2ccc(CN3CN(CC(C)O)CN(CC(C)O)C3)cc2)C1. The summed E-state index contributed by atoms with van der Waals surface area (Å²) in [5.41, 5.74) is 2.47. The van der Waals surface area contributed by atoms with Gasteiger partial charge in [-0.2, -0.15) is 0 Å². The van der Waals surface area contributed by atoms with Crippen molar-refractivity contribution in [3.8, 4) is 0 Å². The van der Waals surface area contributed by atoms with Crippen LogP contribution in [0.5, 0.6) is 0 Å². The zero-order valence-electron chi connectivity index (χ0n) is 21.7. The van der Waals surface area contributed by atoms with Gasteiger partial charge in [-0.1, -0.05) is 24.3 Å². The molecule has 2 fully saturated rings. The zero-order chi connectivity index (χ0) is 25.4. The fraction of sp³-hybridized carbons (Fsp3) is 0.760. The molecule has 200 valence electrons. The molecule has 2 heterocycles. The normalized spacial score (nSPS) is 22.9. The molecular weight excluding hydrogens is 448 g/mol. The summed E-state index contributed by atoms with van der Waals surface area (Å²) in [5, 5.41) is 38.9. The van der Waals surface area contributed by atoms with Crippen LogP contribution in [0.4, 0.5) is 0 Å². The molecule has 0 radical (unpaired) electrons. The molecule has 2 saturated heterocycles. The highest BCUT2D eigenvalue weighted by atomic mass is 16.3.